The fourth-order valence-electron chi connectivity index (χ4n) is 1.80. The standard InChI is InChI=1S/C12H15NO.C2H6/c1-9-6-10(2)8-11(7-9)12(14)13-4-3-5-13;1-2/h6-8H,3-5H2,1-2H3;1-2H3. The Morgan fingerprint density at radius 1 is 1.06 bits per heavy atom. The number of rotatable bonds is 1. The molecule has 0 atom stereocenters. The second kappa shape index (κ2) is 5.69. The highest BCUT2D eigenvalue weighted by Crippen LogP contribution is 2.15. The molecule has 1 amide bonds. The van der Waals surface area contributed by atoms with Crippen molar-refractivity contribution in [1.29, 1.82) is 0 Å². The van der Waals surface area contributed by atoms with Crippen LogP contribution in [0.3, 0.4) is 0 Å². The summed E-state index contributed by atoms with van der Waals surface area (Å²) in [4.78, 5) is 13.8. The summed E-state index contributed by atoms with van der Waals surface area (Å²) in [5, 5.41) is 0. The molecule has 0 unspecified atom stereocenters. The zero-order valence-electron chi connectivity index (χ0n) is 10.7. The van der Waals surface area contributed by atoms with Gasteiger partial charge >= 0.3 is 0 Å². The van der Waals surface area contributed by atoms with E-state index in [1.54, 1.807) is 0 Å². The summed E-state index contributed by atoms with van der Waals surface area (Å²) in [6, 6.07) is 6.02. The molecule has 0 radical (unpaired) electrons. The number of hydrogen-bond donors (Lipinski definition) is 0. The predicted molar refractivity (Wildman–Crippen MR) is 67.8 cm³/mol. The summed E-state index contributed by atoms with van der Waals surface area (Å²) in [5.41, 5.74) is 3.16. The van der Waals surface area contributed by atoms with E-state index in [4.69, 9.17) is 0 Å². The molecule has 1 fully saturated rings. The first-order valence-corrected chi connectivity index (χ1v) is 6.04. The van der Waals surface area contributed by atoms with E-state index >= 15 is 0 Å². The Balaban J connectivity index is 0.000000606. The van der Waals surface area contributed by atoms with Gasteiger partial charge in [-0.15, -0.1) is 0 Å². The van der Waals surface area contributed by atoms with Gasteiger partial charge in [-0.1, -0.05) is 31.0 Å². The highest BCUT2D eigenvalue weighted by Gasteiger charge is 2.21. The third-order valence-corrected chi connectivity index (χ3v) is 2.61. The zero-order chi connectivity index (χ0) is 12.1. The maximum atomic E-state index is 11.9. The number of nitrogens with zero attached hydrogens (tertiary/aromatic N) is 1. The average Bonchev–Trinajstić information content (AvgIpc) is 2.16. The first-order valence-electron chi connectivity index (χ1n) is 6.04. The first kappa shape index (κ1) is 12.8. The molecule has 1 heterocycles. The third-order valence-electron chi connectivity index (χ3n) is 2.61. The van der Waals surface area contributed by atoms with Crippen LogP contribution in [0.15, 0.2) is 18.2 Å². The molecule has 0 aliphatic carbocycles. The second-order valence-electron chi connectivity index (χ2n) is 4.02. The Morgan fingerprint density at radius 2 is 1.56 bits per heavy atom. The predicted octanol–water partition coefficient (Wildman–Crippen LogP) is 3.18. The Bertz CT molecular complexity index is 347. The maximum Gasteiger partial charge on any atom is 0.253 e. The third kappa shape index (κ3) is 2.84. The summed E-state index contributed by atoms with van der Waals surface area (Å²) < 4.78 is 0. The Hall–Kier alpha value is -1.31. The summed E-state index contributed by atoms with van der Waals surface area (Å²) in [5.74, 6) is 0.183. The highest BCUT2D eigenvalue weighted by molar-refractivity contribution is 5.95. The molecule has 2 nitrogen and oxygen atoms in total. The van der Waals surface area contributed by atoms with E-state index in [0.717, 1.165) is 36.2 Å². The van der Waals surface area contributed by atoms with Gasteiger partial charge in [0.05, 0.1) is 0 Å². The molecule has 0 N–H and O–H groups in total. The lowest BCUT2D eigenvalue weighted by molar-refractivity contribution is 0.0651. The molecule has 1 aliphatic heterocycles. The van der Waals surface area contributed by atoms with Crippen LogP contribution in [0, 0.1) is 13.8 Å². The van der Waals surface area contributed by atoms with Crippen molar-refractivity contribution in [2.45, 2.75) is 34.1 Å². The molecule has 2 heteroatoms. The number of aryl methyl sites for hydroxylation is 2. The van der Waals surface area contributed by atoms with E-state index in [-0.39, 0.29) is 5.91 Å². The number of hydrogen-bond acceptors (Lipinski definition) is 1. The lowest BCUT2D eigenvalue weighted by Gasteiger charge is -2.31. The van der Waals surface area contributed by atoms with Gasteiger partial charge < -0.3 is 4.90 Å². The molecule has 1 aromatic rings. The monoisotopic (exact) mass is 219 g/mol. The van der Waals surface area contributed by atoms with Crippen LogP contribution in [0.5, 0.6) is 0 Å². The van der Waals surface area contributed by atoms with E-state index < -0.39 is 0 Å². The van der Waals surface area contributed by atoms with Gasteiger partial charge in [0, 0.05) is 18.7 Å². The van der Waals surface area contributed by atoms with Crippen LogP contribution in [0.4, 0.5) is 0 Å². The minimum absolute atomic E-state index is 0.183. The summed E-state index contributed by atoms with van der Waals surface area (Å²) >= 11 is 0. The molecule has 1 aliphatic rings. The van der Waals surface area contributed by atoms with Crippen LogP contribution in [0.25, 0.3) is 0 Å². The number of benzene rings is 1. The molecule has 0 saturated carbocycles. The molecule has 16 heavy (non-hydrogen) atoms. The zero-order valence-corrected chi connectivity index (χ0v) is 10.7. The normalized spacial score (nSPS) is 13.6. The SMILES string of the molecule is CC.Cc1cc(C)cc(C(=O)N2CCC2)c1. The van der Waals surface area contributed by atoms with Gasteiger partial charge in [-0.2, -0.15) is 0 Å². The molecule has 1 aromatic carbocycles. The number of carbonyl (C=O) groups is 1. The van der Waals surface area contributed by atoms with Crippen LogP contribution in [-0.2, 0) is 0 Å². The van der Waals surface area contributed by atoms with E-state index in [0.29, 0.717) is 0 Å². The van der Waals surface area contributed by atoms with E-state index in [1.165, 1.54) is 0 Å². The Morgan fingerprint density at radius 3 is 1.94 bits per heavy atom. The van der Waals surface area contributed by atoms with Crippen LogP contribution in [0.1, 0.15) is 41.8 Å². The van der Waals surface area contributed by atoms with Gasteiger partial charge in [-0.05, 0) is 32.4 Å². The minimum atomic E-state index is 0.183. The van der Waals surface area contributed by atoms with Gasteiger partial charge in [-0.25, -0.2) is 0 Å². The molecular formula is C14H21NO. The van der Waals surface area contributed by atoms with Gasteiger partial charge in [-0.3, -0.25) is 4.79 Å². The molecule has 1 saturated heterocycles. The topological polar surface area (TPSA) is 20.3 Å². The van der Waals surface area contributed by atoms with Crippen LogP contribution in [-0.4, -0.2) is 23.9 Å². The molecule has 2 rings (SSSR count). The van der Waals surface area contributed by atoms with Gasteiger partial charge in [0.25, 0.3) is 5.91 Å². The number of likely N-dealkylation sites (tertiary alicyclic amines) is 1. The van der Waals surface area contributed by atoms with Gasteiger partial charge in [0.1, 0.15) is 0 Å². The second-order valence-corrected chi connectivity index (χ2v) is 4.02. The van der Waals surface area contributed by atoms with Gasteiger partial charge in [0.15, 0.2) is 0 Å². The van der Waals surface area contributed by atoms with Crippen molar-refractivity contribution >= 4 is 5.91 Å². The van der Waals surface area contributed by atoms with Crippen LogP contribution >= 0.6 is 0 Å². The summed E-state index contributed by atoms with van der Waals surface area (Å²) in [6.07, 6.45) is 1.15. The number of amides is 1. The van der Waals surface area contributed by atoms with Crippen molar-refractivity contribution in [2.24, 2.45) is 0 Å². The average molecular weight is 219 g/mol. The van der Waals surface area contributed by atoms with Crippen LogP contribution in [0.2, 0.25) is 0 Å². The quantitative estimate of drug-likeness (QED) is 0.710. The minimum Gasteiger partial charge on any atom is -0.339 e. The fraction of sp³-hybridized carbons (Fsp3) is 0.500. The molecule has 0 spiro atoms. The largest absolute Gasteiger partial charge is 0.339 e. The van der Waals surface area contributed by atoms with Crippen molar-refractivity contribution in [2.75, 3.05) is 13.1 Å². The molecular weight excluding hydrogens is 198 g/mol. The Labute approximate surface area is 98.3 Å². The Kier molecular flexibility index (Phi) is 4.53. The summed E-state index contributed by atoms with van der Waals surface area (Å²) in [6.45, 7) is 9.90. The van der Waals surface area contributed by atoms with Crippen molar-refractivity contribution in [1.82, 2.24) is 4.90 Å². The van der Waals surface area contributed by atoms with Crippen LogP contribution < -0.4 is 0 Å². The lowest BCUT2D eigenvalue weighted by Crippen LogP contribution is -2.42. The van der Waals surface area contributed by atoms with Crippen molar-refractivity contribution in [3.8, 4) is 0 Å². The van der Waals surface area contributed by atoms with Crippen molar-refractivity contribution in [3.63, 3.8) is 0 Å². The van der Waals surface area contributed by atoms with Crippen molar-refractivity contribution in [3.05, 3.63) is 34.9 Å². The highest BCUT2D eigenvalue weighted by atomic mass is 16.2. The van der Waals surface area contributed by atoms with Gasteiger partial charge in [0.2, 0.25) is 0 Å². The molecule has 88 valence electrons. The first-order chi connectivity index (χ1) is 7.66. The maximum absolute atomic E-state index is 11.9. The lowest BCUT2D eigenvalue weighted by atomic mass is 10.1. The molecule has 0 aromatic heterocycles. The summed E-state index contributed by atoms with van der Waals surface area (Å²) in [7, 11) is 0. The van der Waals surface area contributed by atoms with E-state index in [1.807, 2.05) is 44.7 Å². The smallest absolute Gasteiger partial charge is 0.253 e. The van der Waals surface area contributed by atoms with E-state index in [2.05, 4.69) is 6.07 Å². The van der Waals surface area contributed by atoms with Crippen molar-refractivity contribution < 1.29 is 4.79 Å². The molecule has 0 bridgehead atoms. The fourth-order valence-corrected chi connectivity index (χ4v) is 1.80. The van der Waals surface area contributed by atoms with E-state index in [9.17, 15) is 4.79 Å². The number of carbonyl (C=O) groups excluding carboxylic acids is 1.